The van der Waals surface area contributed by atoms with Crippen LogP contribution in [0.2, 0.25) is 0 Å². The molecule has 1 amide bonds. The summed E-state index contributed by atoms with van der Waals surface area (Å²) in [5, 5.41) is 13.8. The van der Waals surface area contributed by atoms with Crippen molar-refractivity contribution in [2.24, 2.45) is 5.92 Å². The SMILES string of the molecule is CC(C)(C)n1cc(C(=O)N2C[C@H](C(=O)O)[C@H](c3ccccc3)C2)cn1. The minimum absolute atomic E-state index is 0.166. The first-order valence-electron chi connectivity index (χ1n) is 8.39. The summed E-state index contributed by atoms with van der Waals surface area (Å²) in [5.41, 5.74) is 1.24. The molecule has 0 radical (unpaired) electrons. The summed E-state index contributed by atoms with van der Waals surface area (Å²) in [5.74, 6) is -1.82. The highest BCUT2D eigenvalue weighted by molar-refractivity contribution is 5.94. The molecular weight excluding hydrogens is 318 g/mol. The van der Waals surface area contributed by atoms with E-state index in [1.807, 2.05) is 51.1 Å². The van der Waals surface area contributed by atoms with Crippen molar-refractivity contribution in [3.05, 3.63) is 53.9 Å². The van der Waals surface area contributed by atoms with Gasteiger partial charge in [0.2, 0.25) is 0 Å². The standard InChI is InChI=1S/C19H23N3O3/c1-19(2,3)22-10-14(9-20-22)17(23)21-11-15(16(12-21)18(24)25)13-7-5-4-6-8-13/h4-10,15-16H,11-12H2,1-3H3,(H,24,25)/t15-,16-/m0/s1. The summed E-state index contributed by atoms with van der Waals surface area (Å²) in [6, 6.07) is 9.54. The number of carbonyl (C=O) groups excluding carboxylic acids is 1. The number of aliphatic carboxylic acids is 1. The maximum atomic E-state index is 12.8. The van der Waals surface area contributed by atoms with Crippen LogP contribution in [0.1, 0.15) is 42.6 Å². The predicted octanol–water partition coefficient (Wildman–Crippen LogP) is 2.58. The molecule has 0 spiro atoms. The maximum absolute atomic E-state index is 12.8. The van der Waals surface area contributed by atoms with Crippen LogP contribution in [0.5, 0.6) is 0 Å². The van der Waals surface area contributed by atoms with Crippen LogP contribution in [-0.4, -0.2) is 44.8 Å². The third kappa shape index (κ3) is 3.43. The van der Waals surface area contributed by atoms with Crippen LogP contribution in [0.15, 0.2) is 42.7 Å². The first-order valence-corrected chi connectivity index (χ1v) is 8.39. The van der Waals surface area contributed by atoms with Gasteiger partial charge in [-0.1, -0.05) is 30.3 Å². The largest absolute Gasteiger partial charge is 0.481 e. The highest BCUT2D eigenvalue weighted by Gasteiger charge is 2.40. The van der Waals surface area contributed by atoms with E-state index in [9.17, 15) is 14.7 Å². The van der Waals surface area contributed by atoms with Gasteiger partial charge in [0.25, 0.3) is 5.91 Å². The molecule has 0 saturated carbocycles. The van der Waals surface area contributed by atoms with E-state index in [4.69, 9.17) is 0 Å². The van der Waals surface area contributed by atoms with Crippen LogP contribution >= 0.6 is 0 Å². The van der Waals surface area contributed by atoms with E-state index in [2.05, 4.69) is 5.10 Å². The molecule has 3 rings (SSSR count). The lowest BCUT2D eigenvalue weighted by Crippen LogP contribution is -2.30. The highest BCUT2D eigenvalue weighted by atomic mass is 16.4. The Balaban J connectivity index is 1.82. The zero-order chi connectivity index (χ0) is 18.2. The number of aromatic nitrogens is 2. The number of amides is 1. The molecule has 1 aliphatic rings. The lowest BCUT2D eigenvalue weighted by molar-refractivity contribution is -0.141. The van der Waals surface area contributed by atoms with Gasteiger partial charge < -0.3 is 10.0 Å². The molecule has 0 aliphatic carbocycles. The van der Waals surface area contributed by atoms with E-state index in [1.54, 1.807) is 22.0 Å². The van der Waals surface area contributed by atoms with Crippen LogP contribution < -0.4 is 0 Å². The van der Waals surface area contributed by atoms with Crippen molar-refractivity contribution >= 4 is 11.9 Å². The maximum Gasteiger partial charge on any atom is 0.308 e. The number of carboxylic acid groups (broad SMARTS) is 1. The van der Waals surface area contributed by atoms with Crippen LogP contribution in [0, 0.1) is 5.92 Å². The van der Waals surface area contributed by atoms with Crippen LogP contribution in [0.3, 0.4) is 0 Å². The van der Waals surface area contributed by atoms with Crippen molar-refractivity contribution in [3.63, 3.8) is 0 Å². The number of likely N-dealkylation sites (tertiary alicyclic amines) is 1. The number of carbonyl (C=O) groups is 2. The highest BCUT2D eigenvalue weighted by Crippen LogP contribution is 2.33. The van der Waals surface area contributed by atoms with Gasteiger partial charge in [-0.25, -0.2) is 0 Å². The summed E-state index contributed by atoms with van der Waals surface area (Å²) in [7, 11) is 0. The molecule has 6 heteroatoms. The molecule has 1 aromatic heterocycles. The second-order valence-electron chi connectivity index (χ2n) is 7.52. The molecule has 2 atom stereocenters. The lowest BCUT2D eigenvalue weighted by Gasteiger charge is -2.19. The first kappa shape index (κ1) is 17.2. The summed E-state index contributed by atoms with van der Waals surface area (Å²) in [6.07, 6.45) is 3.28. The quantitative estimate of drug-likeness (QED) is 0.931. The van der Waals surface area contributed by atoms with Crippen LogP contribution in [0.4, 0.5) is 0 Å². The molecule has 0 bridgehead atoms. The third-order valence-electron chi connectivity index (χ3n) is 4.67. The summed E-state index contributed by atoms with van der Waals surface area (Å²) in [6.45, 7) is 6.65. The lowest BCUT2D eigenvalue weighted by atomic mass is 9.89. The monoisotopic (exact) mass is 341 g/mol. The Morgan fingerprint density at radius 3 is 2.40 bits per heavy atom. The van der Waals surface area contributed by atoms with Gasteiger partial charge in [-0.05, 0) is 26.3 Å². The molecule has 1 aromatic carbocycles. The minimum atomic E-state index is -0.866. The number of nitrogens with zero attached hydrogens (tertiary/aromatic N) is 3. The van der Waals surface area contributed by atoms with E-state index < -0.39 is 11.9 Å². The summed E-state index contributed by atoms with van der Waals surface area (Å²) >= 11 is 0. The second-order valence-corrected chi connectivity index (χ2v) is 7.52. The van der Waals surface area contributed by atoms with Gasteiger partial charge >= 0.3 is 5.97 Å². The van der Waals surface area contributed by atoms with Crippen molar-refractivity contribution < 1.29 is 14.7 Å². The molecular formula is C19H23N3O3. The average Bonchev–Trinajstić information content (AvgIpc) is 3.22. The normalized spacial score (nSPS) is 20.7. The topological polar surface area (TPSA) is 75.4 Å². The number of carboxylic acids is 1. The van der Waals surface area contributed by atoms with Crippen LogP contribution in [0.25, 0.3) is 0 Å². The Hall–Kier alpha value is -2.63. The molecule has 1 N–H and O–H groups in total. The van der Waals surface area contributed by atoms with Crippen molar-refractivity contribution in [2.45, 2.75) is 32.2 Å². The van der Waals surface area contributed by atoms with Crippen molar-refractivity contribution in [2.75, 3.05) is 13.1 Å². The van der Waals surface area contributed by atoms with Crippen molar-refractivity contribution in [3.8, 4) is 0 Å². The third-order valence-corrected chi connectivity index (χ3v) is 4.67. The van der Waals surface area contributed by atoms with Gasteiger partial charge in [0.05, 0.1) is 23.2 Å². The number of hydrogen-bond donors (Lipinski definition) is 1. The Morgan fingerprint density at radius 2 is 1.84 bits per heavy atom. The molecule has 1 aliphatic heterocycles. The molecule has 2 aromatic rings. The zero-order valence-electron chi connectivity index (χ0n) is 14.7. The zero-order valence-corrected chi connectivity index (χ0v) is 14.7. The number of hydrogen-bond acceptors (Lipinski definition) is 3. The van der Waals surface area contributed by atoms with Crippen molar-refractivity contribution in [1.29, 1.82) is 0 Å². The minimum Gasteiger partial charge on any atom is -0.481 e. The number of rotatable bonds is 3. The molecule has 132 valence electrons. The molecule has 0 unspecified atom stereocenters. The van der Waals surface area contributed by atoms with Crippen molar-refractivity contribution in [1.82, 2.24) is 14.7 Å². The fourth-order valence-corrected chi connectivity index (χ4v) is 3.24. The smallest absolute Gasteiger partial charge is 0.308 e. The first-order chi connectivity index (χ1) is 11.8. The number of benzene rings is 1. The van der Waals surface area contributed by atoms with E-state index in [-0.39, 0.29) is 23.9 Å². The Morgan fingerprint density at radius 1 is 1.16 bits per heavy atom. The summed E-state index contributed by atoms with van der Waals surface area (Å²) in [4.78, 5) is 26.1. The fraction of sp³-hybridized carbons (Fsp3) is 0.421. The van der Waals surface area contributed by atoms with Gasteiger partial charge in [-0.3, -0.25) is 14.3 Å². The van der Waals surface area contributed by atoms with E-state index >= 15 is 0 Å². The van der Waals surface area contributed by atoms with Gasteiger partial charge in [0, 0.05) is 25.2 Å². The Bertz CT molecular complexity index is 777. The second kappa shape index (κ2) is 6.35. The molecule has 1 fully saturated rings. The molecule has 1 saturated heterocycles. The molecule has 6 nitrogen and oxygen atoms in total. The van der Waals surface area contributed by atoms with E-state index in [0.29, 0.717) is 12.1 Å². The van der Waals surface area contributed by atoms with Crippen LogP contribution in [-0.2, 0) is 10.3 Å². The van der Waals surface area contributed by atoms with Gasteiger partial charge in [0.15, 0.2) is 0 Å². The molecule has 2 heterocycles. The van der Waals surface area contributed by atoms with Gasteiger partial charge in [0.1, 0.15) is 0 Å². The van der Waals surface area contributed by atoms with E-state index in [0.717, 1.165) is 5.56 Å². The Labute approximate surface area is 147 Å². The van der Waals surface area contributed by atoms with Gasteiger partial charge in [-0.2, -0.15) is 5.10 Å². The predicted molar refractivity (Wildman–Crippen MR) is 93.4 cm³/mol. The summed E-state index contributed by atoms with van der Waals surface area (Å²) < 4.78 is 1.75. The average molecular weight is 341 g/mol. The fourth-order valence-electron chi connectivity index (χ4n) is 3.24. The Kier molecular flexibility index (Phi) is 4.37. The van der Waals surface area contributed by atoms with Gasteiger partial charge in [-0.15, -0.1) is 0 Å². The van der Waals surface area contributed by atoms with E-state index in [1.165, 1.54) is 0 Å². The molecule has 25 heavy (non-hydrogen) atoms.